The average molecular weight is 397 g/mol. The molecule has 5 nitrogen and oxygen atoms in total. The number of hydrogen-bond donors (Lipinski definition) is 0. The van der Waals surface area contributed by atoms with Crippen molar-refractivity contribution < 1.29 is 12.6 Å². The van der Waals surface area contributed by atoms with Gasteiger partial charge < -0.3 is 4.57 Å². The minimum Gasteiger partial charge on any atom is -0.343 e. The summed E-state index contributed by atoms with van der Waals surface area (Å²) in [5.41, 5.74) is 2.66. The molecule has 3 rings (SSSR count). The highest BCUT2D eigenvalue weighted by atomic mass is 79.9. The molecule has 1 aliphatic carbocycles. The van der Waals surface area contributed by atoms with Crippen LogP contribution in [-0.4, -0.2) is 25.3 Å². The highest BCUT2D eigenvalue weighted by Crippen LogP contribution is 2.39. The third-order valence-corrected chi connectivity index (χ3v) is 5.54. The number of halogens is 1. The summed E-state index contributed by atoms with van der Waals surface area (Å²) in [6.07, 6.45) is 5.14. The van der Waals surface area contributed by atoms with E-state index in [2.05, 4.69) is 25.3 Å². The van der Waals surface area contributed by atoms with E-state index in [9.17, 15) is 8.42 Å². The molecule has 1 heterocycles. The van der Waals surface area contributed by atoms with Gasteiger partial charge in [-0.3, -0.25) is 4.18 Å². The smallest absolute Gasteiger partial charge is 0.264 e. The molecule has 1 aliphatic rings. The van der Waals surface area contributed by atoms with Crippen LogP contribution in [0.3, 0.4) is 0 Å². The Bertz CT molecular complexity index is 912. The normalized spacial score (nSPS) is 21.7. The minimum absolute atomic E-state index is 0.203. The number of aromatic nitrogens is 1. The third kappa shape index (κ3) is 3.30. The van der Waals surface area contributed by atoms with Crippen LogP contribution in [0.4, 0.5) is 5.69 Å². The van der Waals surface area contributed by atoms with Crippen molar-refractivity contribution in [2.45, 2.75) is 38.3 Å². The highest BCUT2D eigenvalue weighted by molar-refractivity contribution is 9.10. The van der Waals surface area contributed by atoms with Crippen molar-refractivity contribution in [2.75, 3.05) is 6.26 Å². The summed E-state index contributed by atoms with van der Waals surface area (Å²) in [4.78, 5) is 3.55. The predicted octanol–water partition coefficient (Wildman–Crippen LogP) is 4.33. The molecule has 23 heavy (non-hydrogen) atoms. The van der Waals surface area contributed by atoms with Crippen LogP contribution in [0.2, 0.25) is 0 Å². The van der Waals surface area contributed by atoms with E-state index in [1.165, 1.54) is 0 Å². The topological polar surface area (TPSA) is 52.7 Å². The number of nitrogens with zero attached hydrogens (tertiary/aromatic N) is 2. The third-order valence-electron chi connectivity index (χ3n) is 4.28. The number of benzene rings is 1. The summed E-state index contributed by atoms with van der Waals surface area (Å²) in [6, 6.07) is 4.13. The average Bonchev–Trinajstić information content (AvgIpc) is 3.01. The Morgan fingerprint density at radius 1 is 1.39 bits per heavy atom. The van der Waals surface area contributed by atoms with Crippen LogP contribution in [-0.2, 0) is 14.3 Å². The molecule has 1 saturated carbocycles. The van der Waals surface area contributed by atoms with Gasteiger partial charge in [-0.05, 0) is 59.8 Å². The Balaban J connectivity index is 1.96. The molecule has 122 valence electrons. The van der Waals surface area contributed by atoms with Crippen LogP contribution < -0.4 is 0 Å². The van der Waals surface area contributed by atoms with Crippen LogP contribution >= 0.6 is 15.9 Å². The summed E-state index contributed by atoms with van der Waals surface area (Å²) >= 11 is 3.57. The van der Waals surface area contributed by atoms with Crippen molar-refractivity contribution in [1.82, 2.24) is 4.57 Å². The number of rotatable bonds is 3. The van der Waals surface area contributed by atoms with Crippen molar-refractivity contribution in [3.8, 4) is 0 Å². The van der Waals surface area contributed by atoms with Gasteiger partial charge in [0, 0.05) is 27.6 Å². The van der Waals surface area contributed by atoms with Gasteiger partial charge in [0.1, 0.15) is 0 Å². The molecule has 0 aliphatic heterocycles. The lowest BCUT2D eigenvalue weighted by Gasteiger charge is -2.15. The van der Waals surface area contributed by atoms with Gasteiger partial charge >= 0.3 is 0 Å². The monoisotopic (exact) mass is 396 g/mol. The largest absolute Gasteiger partial charge is 0.343 e. The van der Waals surface area contributed by atoms with Crippen molar-refractivity contribution in [3.05, 3.63) is 39.8 Å². The molecular weight excluding hydrogens is 380 g/mol. The van der Waals surface area contributed by atoms with Gasteiger partial charge in [-0.1, -0.05) is 0 Å². The van der Waals surface area contributed by atoms with E-state index in [1.54, 1.807) is 0 Å². The fourth-order valence-electron chi connectivity index (χ4n) is 3.27. The van der Waals surface area contributed by atoms with Crippen LogP contribution in [0, 0.1) is 13.5 Å². The second-order valence-corrected chi connectivity index (χ2v) is 8.50. The quantitative estimate of drug-likeness (QED) is 0.572. The number of aryl methyl sites for hydroxylation is 1. The second kappa shape index (κ2) is 5.93. The molecular formula is C16H17BrN2O3S. The zero-order chi connectivity index (χ0) is 16.8. The van der Waals surface area contributed by atoms with Crippen molar-refractivity contribution >= 4 is 42.6 Å². The maximum atomic E-state index is 11.3. The number of hydrogen-bond acceptors (Lipinski definition) is 3. The van der Waals surface area contributed by atoms with Crippen molar-refractivity contribution in [2.24, 2.45) is 0 Å². The van der Waals surface area contributed by atoms with Gasteiger partial charge in [0.05, 0.1) is 18.9 Å². The van der Waals surface area contributed by atoms with E-state index < -0.39 is 10.1 Å². The fourth-order valence-corrected chi connectivity index (χ4v) is 4.48. The van der Waals surface area contributed by atoms with Crippen LogP contribution in [0.15, 0.2) is 22.8 Å². The molecule has 0 unspecified atom stereocenters. The summed E-state index contributed by atoms with van der Waals surface area (Å²) in [7, 11) is -3.42. The van der Waals surface area contributed by atoms with Crippen molar-refractivity contribution in [1.29, 1.82) is 0 Å². The Morgan fingerprint density at radius 3 is 2.78 bits per heavy atom. The van der Waals surface area contributed by atoms with Crippen LogP contribution in [0.1, 0.15) is 30.9 Å². The summed E-state index contributed by atoms with van der Waals surface area (Å²) in [5.74, 6) is 0. The lowest BCUT2D eigenvalue weighted by Crippen LogP contribution is -2.15. The first-order chi connectivity index (χ1) is 10.8. The van der Waals surface area contributed by atoms with Crippen LogP contribution in [0.25, 0.3) is 15.7 Å². The van der Waals surface area contributed by atoms with Gasteiger partial charge in [-0.15, -0.1) is 0 Å². The molecule has 0 amide bonds. The van der Waals surface area contributed by atoms with Gasteiger partial charge in [0.25, 0.3) is 10.1 Å². The second-order valence-electron chi connectivity index (χ2n) is 6.04. The molecule has 0 saturated heterocycles. The van der Waals surface area contributed by atoms with E-state index in [4.69, 9.17) is 10.8 Å². The van der Waals surface area contributed by atoms with E-state index in [1.807, 2.05) is 25.3 Å². The lowest BCUT2D eigenvalue weighted by atomic mass is 10.1. The molecule has 0 bridgehead atoms. The Hall–Kier alpha value is -1.36. The van der Waals surface area contributed by atoms with E-state index in [0.717, 1.165) is 40.0 Å². The molecule has 7 heteroatoms. The first-order valence-electron chi connectivity index (χ1n) is 7.35. The molecule has 0 N–H and O–H groups in total. The summed E-state index contributed by atoms with van der Waals surface area (Å²) < 4.78 is 30.9. The molecule has 1 aromatic heterocycles. The Morgan fingerprint density at radius 2 is 2.13 bits per heavy atom. The standard InChI is InChI=1S/C16H17BrN2O3S/c1-10-6-16-13(8-15(10)18-2)14(17)9-19(16)11-4-5-12(7-11)22-23(3,20)21/h6,8-9,11-12H,4-5,7H2,1,3H3/t11-,12+/m1/s1. The molecule has 2 atom stereocenters. The number of fused-ring (bicyclic) bond motifs is 1. The first-order valence-corrected chi connectivity index (χ1v) is 9.96. The van der Waals surface area contributed by atoms with Gasteiger partial charge in [-0.2, -0.15) is 8.42 Å². The molecule has 0 spiro atoms. The SMILES string of the molecule is [C-]#[N+]c1cc2c(Br)cn([C@@H]3CC[C@H](OS(C)(=O)=O)C3)c2cc1C. The molecule has 0 radical (unpaired) electrons. The maximum Gasteiger partial charge on any atom is 0.264 e. The molecule has 2 aromatic rings. The highest BCUT2D eigenvalue weighted by Gasteiger charge is 2.30. The predicted molar refractivity (Wildman–Crippen MR) is 93.2 cm³/mol. The van der Waals surface area contributed by atoms with Gasteiger partial charge in [0.15, 0.2) is 5.69 Å². The zero-order valence-electron chi connectivity index (χ0n) is 12.9. The lowest BCUT2D eigenvalue weighted by molar-refractivity contribution is 0.214. The van der Waals surface area contributed by atoms with Crippen LogP contribution in [0.5, 0.6) is 0 Å². The van der Waals surface area contributed by atoms with Crippen molar-refractivity contribution in [3.63, 3.8) is 0 Å². The Labute approximate surface area is 144 Å². The maximum absolute atomic E-state index is 11.3. The van der Waals surface area contributed by atoms with Gasteiger partial charge in [-0.25, -0.2) is 4.85 Å². The Kier molecular flexibility index (Phi) is 4.25. The minimum atomic E-state index is -3.42. The first kappa shape index (κ1) is 16.5. The molecule has 1 aromatic carbocycles. The zero-order valence-corrected chi connectivity index (χ0v) is 15.3. The molecule has 1 fully saturated rings. The van der Waals surface area contributed by atoms with E-state index in [0.29, 0.717) is 12.1 Å². The van der Waals surface area contributed by atoms with E-state index in [-0.39, 0.29) is 12.1 Å². The summed E-state index contributed by atoms with van der Waals surface area (Å²) in [5, 5.41) is 1.01. The van der Waals surface area contributed by atoms with E-state index >= 15 is 0 Å². The van der Waals surface area contributed by atoms with Gasteiger partial charge in [0.2, 0.25) is 0 Å². The fraction of sp³-hybridized carbons (Fsp3) is 0.438. The summed E-state index contributed by atoms with van der Waals surface area (Å²) in [6.45, 7) is 9.18.